The molecular weight excluding hydrogens is 204 g/mol. The molecule has 3 heterocycles. The molecule has 0 amide bonds. The number of fused-ring (bicyclic) bond motifs is 2. The van der Waals surface area contributed by atoms with Gasteiger partial charge in [-0.2, -0.15) is 0 Å². The first-order valence-corrected chi connectivity index (χ1v) is 6.38. The highest BCUT2D eigenvalue weighted by Crippen LogP contribution is 2.35. The average molecular weight is 224 g/mol. The predicted molar refractivity (Wildman–Crippen MR) is 60.4 cm³/mol. The van der Waals surface area contributed by atoms with Gasteiger partial charge >= 0.3 is 0 Å². The number of hydrogen-bond acceptors (Lipinski definition) is 3. The van der Waals surface area contributed by atoms with Crippen molar-refractivity contribution in [3.63, 3.8) is 0 Å². The van der Waals surface area contributed by atoms with Crippen molar-refractivity contribution < 1.29 is 14.2 Å². The summed E-state index contributed by atoms with van der Waals surface area (Å²) in [6.45, 7) is 3.83. The summed E-state index contributed by atoms with van der Waals surface area (Å²) in [5.41, 5.74) is -0.237. The average Bonchev–Trinajstić information content (AvgIpc) is 2.45. The van der Waals surface area contributed by atoms with Crippen LogP contribution in [0.2, 0.25) is 0 Å². The fourth-order valence-corrected chi connectivity index (χ4v) is 2.90. The van der Waals surface area contributed by atoms with Crippen LogP contribution in [0.3, 0.4) is 0 Å². The second-order valence-corrected chi connectivity index (χ2v) is 5.17. The fraction of sp³-hybridized carbons (Fsp3) is 0.846. The van der Waals surface area contributed by atoms with E-state index in [1.165, 1.54) is 0 Å². The molecule has 0 aromatic carbocycles. The van der Waals surface area contributed by atoms with Gasteiger partial charge in [-0.3, -0.25) is 0 Å². The van der Waals surface area contributed by atoms with E-state index in [0.717, 1.165) is 38.9 Å². The molecule has 0 aromatic heterocycles. The van der Waals surface area contributed by atoms with Crippen molar-refractivity contribution in [2.24, 2.45) is 0 Å². The van der Waals surface area contributed by atoms with Gasteiger partial charge in [0.1, 0.15) is 11.7 Å². The third-order valence-corrected chi connectivity index (χ3v) is 3.93. The maximum Gasteiger partial charge on any atom is 0.110 e. The van der Waals surface area contributed by atoms with E-state index >= 15 is 0 Å². The van der Waals surface area contributed by atoms with Crippen LogP contribution in [0, 0.1) is 0 Å². The van der Waals surface area contributed by atoms with Crippen LogP contribution in [-0.4, -0.2) is 37.1 Å². The molecule has 0 N–H and O–H groups in total. The smallest absolute Gasteiger partial charge is 0.110 e. The van der Waals surface area contributed by atoms with E-state index in [-0.39, 0.29) is 23.9 Å². The molecule has 3 rings (SSSR count). The van der Waals surface area contributed by atoms with Gasteiger partial charge in [-0.25, -0.2) is 0 Å². The first kappa shape index (κ1) is 10.8. The molecule has 2 fully saturated rings. The van der Waals surface area contributed by atoms with Crippen molar-refractivity contribution in [2.45, 2.75) is 56.5 Å². The maximum absolute atomic E-state index is 6.21. The summed E-state index contributed by atoms with van der Waals surface area (Å²) in [5.74, 6) is 0. The van der Waals surface area contributed by atoms with E-state index in [9.17, 15) is 0 Å². The Balaban J connectivity index is 1.83. The van der Waals surface area contributed by atoms with Gasteiger partial charge in [-0.05, 0) is 32.6 Å². The third-order valence-electron chi connectivity index (χ3n) is 3.93. The highest BCUT2D eigenvalue weighted by atomic mass is 16.6. The quantitative estimate of drug-likeness (QED) is 0.589. The topological polar surface area (TPSA) is 27.7 Å². The summed E-state index contributed by atoms with van der Waals surface area (Å²) in [5, 5.41) is 0. The molecular formula is C13H20O3. The lowest BCUT2D eigenvalue weighted by atomic mass is 9.92. The third kappa shape index (κ3) is 1.81. The van der Waals surface area contributed by atoms with Gasteiger partial charge in [0.25, 0.3) is 0 Å². The highest BCUT2D eigenvalue weighted by molar-refractivity contribution is 5.12. The predicted octanol–water partition coefficient (Wildman–Crippen LogP) is 2.06. The van der Waals surface area contributed by atoms with E-state index in [4.69, 9.17) is 14.2 Å². The van der Waals surface area contributed by atoms with Crippen molar-refractivity contribution in [1.29, 1.82) is 0 Å². The SMILES string of the molecule is C[C@]12C=C[C@H]3OCCC[C@@H]3O[C@@H]1CCCO2. The minimum Gasteiger partial charge on any atom is -0.371 e. The molecule has 4 atom stereocenters. The Hall–Kier alpha value is -0.380. The molecule has 0 saturated carbocycles. The van der Waals surface area contributed by atoms with E-state index in [1.54, 1.807) is 0 Å². The summed E-state index contributed by atoms with van der Waals surface area (Å²) in [4.78, 5) is 0. The Labute approximate surface area is 96.8 Å². The van der Waals surface area contributed by atoms with Crippen molar-refractivity contribution >= 4 is 0 Å². The molecule has 0 aromatic rings. The number of ether oxygens (including phenoxy) is 3. The lowest BCUT2D eigenvalue weighted by molar-refractivity contribution is -0.181. The summed E-state index contributed by atoms with van der Waals surface area (Å²) < 4.78 is 17.8. The summed E-state index contributed by atoms with van der Waals surface area (Å²) in [6, 6.07) is 0. The minimum atomic E-state index is -0.237. The van der Waals surface area contributed by atoms with Crippen molar-refractivity contribution in [2.75, 3.05) is 13.2 Å². The molecule has 3 heteroatoms. The van der Waals surface area contributed by atoms with Crippen molar-refractivity contribution in [1.82, 2.24) is 0 Å². The molecule has 3 aliphatic rings. The van der Waals surface area contributed by atoms with Gasteiger partial charge in [-0.1, -0.05) is 12.2 Å². The van der Waals surface area contributed by atoms with E-state index in [0.29, 0.717) is 0 Å². The van der Waals surface area contributed by atoms with Crippen LogP contribution < -0.4 is 0 Å². The normalized spacial score (nSPS) is 47.9. The molecule has 2 saturated heterocycles. The van der Waals surface area contributed by atoms with E-state index in [1.807, 2.05) is 0 Å². The van der Waals surface area contributed by atoms with Crippen molar-refractivity contribution in [3.05, 3.63) is 12.2 Å². The highest BCUT2D eigenvalue weighted by Gasteiger charge is 2.42. The second-order valence-electron chi connectivity index (χ2n) is 5.17. The first-order valence-electron chi connectivity index (χ1n) is 6.38. The van der Waals surface area contributed by atoms with Crippen LogP contribution in [0.1, 0.15) is 32.6 Å². The fourth-order valence-electron chi connectivity index (χ4n) is 2.90. The molecule has 90 valence electrons. The number of hydrogen-bond donors (Lipinski definition) is 0. The molecule has 0 bridgehead atoms. The van der Waals surface area contributed by atoms with Gasteiger partial charge < -0.3 is 14.2 Å². The molecule has 16 heavy (non-hydrogen) atoms. The van der Waals surface area contributed by atoms with Crippen LogP contribution in [0.5, 0.6) is 0 Å². The van der Waals surface area contributed by atoms with Crippen LogP contribution in [-0.2, 0) is 14.2 Å². The standard InChI is InChI=1S/C13H20O3/c1-13-7-6-10-11(4-2-8-14-10)16-12(13)5-3-9-15-13/h6-7,10-12H,2-5,8-9H2,1H3/t10-,11+,12-,13+/m1/s1. The van der Waals surface area contributed by atoms with Crippen LogP contribution in [0.15, 0.2) is 12.2 Å². The molecule has 0 spiro atoms. The zero-order valence-electron chi connectivity index (χ0n) is 9.85. The van der Waals surface area contributed by atoms with Gasteiger partial charge in [0.15, 0.2) is 0 Å². The number of rotatable bonds is 0. The second kappa shape index (κ2) is 4.13. The Kier molecular flexibility index (Phi) is 2.78. The monoisotopic (exact) mass is 224 g/mol. The summed E-state index contributed by atoms with van der Waals surface area (Å²) in [6.07, 6.45) is 9.31. The van der Waals surface area contributed by atoms with Crippen molar-refractivity contribution in [3.8, 4) is 0 Å². The Morgan fingerprint density at radius 3 is 3.00 bits per heavy atom. The molecule has 0 aliphatic carbocycles. The van der Waals surface area contributed by atoms with E-state index in [2.05, 4.69) is 19.1 Å². The zero-order chi connectivity index (χ0) is 11.0. The Morgan fingerprint density at radius 1 is 1.19 bits per heavy atom. The van der Waals surface area contributed by atoms with Crippen LogP contribution >= 0.6 is 0 Å². The molecule has 0 radical (unpaired) electrons. The maximum atomic E-state index is 6.21. The van der Waals surface area contributed by atoms with Gasteiger partial charge in [-0.15, -0.1) is 0 Å². The zero-order valence-corrected chi connectivity index (χ0v) is 9.85. The first-order chi connectivity index (χ1) is 7.78. The van der Waals surface area contributed by atoms with Gasteiger partial charge in [0.2, 0.25) is 0 Å². The lowest BCUT2D eigenvalue weighted by Crippen LogP contribution is -2.47. The van der Waals surface area contributed by atoms with Crippen LogP contribution in [0.4, 0.5) is 0 Å². The molecule has 0 unspecified atom stereocenters. The minimum absolute atomic E-state index is 0.139. The van der Waals surface area contributed by atoms with Gasteiger partial charge in [0, 0.05) is 13.2 Å². The summed E-state index contributed by atoms with van der Waals surface area (Å²) >= 11 is 0. The largest absolute Gasteiger partial charge is 0.371 e. The van der Waals surface area contributed by atoms with Crippen LogP contribution in [0.25, 0.3) is 0 Å². The van der Waals surface area contributed by atoms with E-state index < -0.39 is 0 Å². The summed E-state index contributed by atoms with van der Waals surface area (Å²) in [7, 11) is 0. The molecule has 3 nitrogen and oxygen atoms in total. The molecule has 3 aliphatic heterocycles. The Bertz CT molecular complexity index is 289. The Morgan fingerprint density at radius 2 is 2.06 bits per heavy atom. The lowest BCUT2D eigenvalue weighted by Gasteiger charge is -2.40. The van der Waals surface area contributed by atoms with Gasteiger partial charge in [0.05, 0.1) is 12.2 Å².